The molecule has 2 aliphatic rings. The Balaban J connectivity index is 1.63. The third-order valence-corrected chi connectivity index (χ3v) is 9.79. The lowest BCUT2D eigenvalue weighted by Gasteiger charge is -2.40. The average molecular weight is 499 g/mol. The Morgan fingerprint density at radius 1 is 1.06 bits per heavy atom. The fourth-order valence-electron chi connectivity index (χ4n) is 4.65. The molecule has 0 radical (unpaired) electrons. The van der Waals surface area contributed by atoms with Crippen molar-refractivity contribution in [1.82, 2.24) is 13.3 Å². The maximum absolute atomic E-state index is 14.0. The minimum atomic E-state index is -3.72. The van der Waals surface area contributed by atoms with E-state index in [9.17, 15) is 30.0 Å². The van der Waals surface area contributed by atoms with Gasteiger partial charge in [-0.3, -0.25) is 0 Å². The number of hydrogen-bond acceptors (Lipinski definition) is 5. The van der Waals surface area contributed by atoms with Crippen molar-refractivity contribution in [3.05, 3.63) is 35.1 Å². The molecule has 0 aliphatic carbocycles. The van der Waals surface area contributed by atoms with E-state index in [2.05, 4.69) is 4.72 Å². The monoisotopic (exact) mass is 498 g/mol. The van der Waals surface area contributed by atoms with Crippen LogP contribution >= 0.6 is 0 Å². The van der Waals surface area contributed by atoms with E-state index in [1.165, 1.54) is 18.4 Å². The zero-order valence-corrected chi connectivity index (χ0v) is 19.6. The number of benzene rings is 1. The second-order valence-electron chi connectivity index (χ2n) is 8.67. The molecule has 2 unspecified atom stereocenters. The number of nitrogens with two attached hydrogens (primary N) is 1. The summed E-state index contributed by atoms with van der Waals surface area (Å²) in [4.78, 5) is 0. The molecule has 182 valence electrons. The van der Waals surface area contributed by atoms with E-state index in [0.29, 0.717) is 31.7 Å². The first-order valence-electron chi connectivity index (χ1n) is 10.4. The number of hydrogen-bond donors (Lipinski definition) is 2. The molecule has 2 bridgehead atoms. The lowest BCUT2D eigenvalue weighted by Crippen LogP contribution is -2.51. The van der Waals surface area contributed by atoms with Crippen LogP contribution in [-0.2, 0) is 26.7 Å². The maximum atomic E-state index is 14.0. The van der Waals surface area contributed by atoms with Gasteiger partial charge in [0.05, 0.1) is 5.75 Å². The molecule has 2 aliphatic heterocycles. The Morgan fingerprint density at radius 2 is 1.62 bits per heavy atom. The second kappa shape index (κ2) is 9.55. The molecular weight excluding hydrogens is 469 g/mol. The van der Waals surface area contributed by atoms with Gasteiger partial charge < -0.3 is 5.73 Å². The van der Waals surface area contributed by atoms with Crippen molar-refractivity contribution in [2.45, 2.75) is 50.2 Å². The summed E-state index contributed by atoms with van der Waals surface area (Å²) in [7, 11) is -4.73. The van der Waals surface area contributed by atoms with Crippen LogP contribution in [0.3, 0.4) is 0 Å². The quantitative estimate of drug-likeness (QED) is 0.492. The first-order chi connectivity index (χ1) is 14.8. The van der Waals surface area contributed by atoms with Crippen molar-refractivity contribution >= 4 is 20.2 Å². The number of nitrogens with one attached hydrogen (secondary N) is 1. The van der Waals surface area contributed by atoms with Crippen LogP contribution in [0, 0.1) is 23.4 Å². The number of fused-ring (bicyclic) bond motifs is 2. The van der Waals surface area contributed by atoms with Gasteiger partial charge in [0.2, 0.25) is 10.0 Å². The van der Waals surface area contributed by atoms with Gasteiger partial charge in [0, 0.05) is 44.8 Å². The molecule has 0 amide bonds. The van der Waals surface area contributed by atoms with E-state index in [1.54, 1.807) is 0 Å². The van der Waals surface area contributed by atoms with Crippen LogP contribution in [-0.4, -0.2) is 70.0 Å². The van der Waals surface area contributed by atoms with Crippen LogP contribution in [0.15, 0.2) is 12.1 Å². The lowest BCUT2D eigenvalue weighted by molar-refractivity contribution is 0.170. The first kappa shape index (κ1) is 25.4. The molecule has 0 saturated carbocycles. The predicted molar refractivity (Wildman–Crippen MR) is 114 cm³/mol. The Hall–Kier alpha value is -1.25. The summed E-state index contributed by atoms with van der Waals surface area (Å²) >= 11 is 0. The van der Waals surface area contributed by atoms with Gasteiger partial charge in [0.15, 0.2) is 11.6 Å². The Morgan fingerprint density at radius 3 is 2.19 bits per heavy atom. The summed E-state index contributed by atoms with van der Waals surface area (Å²) in [5.41, 5.74) is 6.26. The fourth-order valence-corrected chi connectivity index (χ4v) is 7.26. The lowest BCUT2D eigenvalue weighted by atomic mass is 9.83. The van der Waals surface area contributed by atoms with E-state index < -0.39 is 43.7 Å². The van der Waals surface area contributed by atoms with Crippen molar-refractivity contribution in [2.24, 2.45) is 11.7 Å². The van der Waals surface area contributed by atoms with Gasteiger partial charge >= 0.3 is 0 Å². The van der Waals surface area contributed by atoms with Crippen LogP contribution in [0.2, 0.25) is 0 Å². The number of nitrogens with zero attached hydrogens (tertiary/aromatic N) is 2. The van der Waals surface area contributed by atoms with Crippen LogP contribution < -0.4 is 10.5 Å². The van der Waals surface area contributed by atoms with Gasteiger partial charge in [0.25, 0.3) is 10.2 Å². The van der Waals surface area contributed by atoms with Crippen LogP contribution in [0.1, 0.15) is 31.2 Å². The largest absolute Gasteiger partial charge is 0.327 e. The average Bonchev–Trinajstić information content (AvgIpc) is 2.97. The molecule has 1 aromatic rings. The highest BCUT2D eigenvalue weighted by Gasteiger charge is 2.47. The van der Waals surface area contributed by atoms with Gasteiger partial charge in [-0.2, -0.15) is 17.0 Å². The van der Waals surface area contributed by atoms with Crippen molar-refractivity contribution in [1.29, 1.82) is 0 Å². The first-order valence-corrected chi connectivity index (χ1v) is 13.4. The van der Waals surface area contributed by atoms with Gasteiger partial charge in [-0.25, -0.2) is 26.3 Å². The van der Waals surface area contributed by atoms with Crippen LogP contribution in [0.5, 0.6) is 0 Å². The molecule has 8 nitrogen and oxygen atoms in total. The second-order valence-corrected chi connectivity index (χ2v) is 12.6. The normalized spacial score (nSPS) is 25.4. The topological polar surface area (TPSA) is 113 Å². The summed E-state index contributed by atoms with van der Waals surface area (Å²) in [6.45, 7) is -0.239. The highest BCUT2D eigenvalue weighted by Crippen LogP contribution is 2.42. The minimum Gasteiger partial charge on any atom is -0.327 e. The van der Waals surface area contributed by atoms with Crippen LogP contribution in [0.25, 0.3) is 0 Å². The molecular formula is C19H29F3N4O4S2. The van der Waals surface area contributed by atoms with Crippen molar-refractivity contribution < 1.29 is 30.0 Å². The molecule has 3 N–H and O–H groups in total. The van der Waals surface area contributed by atoms with Crippen molar-refractivity contribution in [2.75, 3.05) is 26.4 Å². The zero-order chi connectivity index (χ0) is 23.8. The highest BCUT2D eigenvalue weighted by molar-refractivity contribution is 7.89. The Labute approximate surface area is 187 Å². The summed E-state index contributed by atoms with van der Waals surface area (Å²) < 4.78 is 94.7. The smallest absolute Gasteiger partial charge is 0.278 e. The predicted octanol–water partition coefficient (Wildman–Crippen LogP) is 0.943. The molecule has 2 saturated heterocycles. The number of sulfonamides is 1. The molecule has 3 rings (SSSR count). The van der Waals surface area contributed by atoms with E-state index in [0.717, 1.165) is 10.4 Å². The van der Waals surface area contributed by atoms with Crippen LogP contribution in [0.4, 0.5) is 13.2 Å². The third-order valence-electron chi connectivity index (χ3n) is 6.30. The molecule has 0 spiro atoms. The van der Waals surface area contributed by atoms with E-state index >= 15 is 0 Å². The van der Waals surface area contributed by atoms with E-state index in [4.69, 9.17) is 5.73 Å². The summed E-state index contributed by atoms with van der Waals surface area (Å²) in [6, 6.07) is 0.244. The number of piperidine rings is 1. The standard InChI is InChI=1S/C19H29F3N4O4S2/c1-25(2)32(29,30)24-5-6-31(27,28)26-14-3-4-15(26)8-13(7-14)19(23)10-12-9-17(21)18(22)11-16(12)20/h9,11,13-15,19,24H,3-8,10,23H2,1-2H3/t13?,14?,15?,19-/m1/s1. The molecule has 2 heterocycles. The molecule has 32 heavy (non-hydrogen) atoms. The van der Waals surface area contributed by atoms with E-state index in [-0.39, 0.29) is 42.3 Å². The summed E-state index contributed by atoms with van der Waals surface area (Å²) in [5, 5.41) is 0. The SMILES string of the molecule is CN(C)S(=O)(=O)NCCS(=O)(=O)N1C2CCC1CC([C@H](N)Cc1cc(F)c(F)cc1F)C2. The van der Waals surface area contributed by atoms with Crippen molar-refractivity contribution in [3.8, 4) is 0 Å². The van der Waals surface area contributed by atoms with Gasteiger partial charge in [-0.1, -0.05) is 0 Å². The number of halogens is 3. The Kier molecular flexibility index (Phi) is 7.57. The van der Waals surface area contributed by atoms with Crippen molar-refractivity contribution in [3.63, 3.8) is 0 Å². The highest BCUT2D eigenvalue weighted by atomic mass is 32.2. The molecule has 13 heteroatoms. The maximum Gasteiger partial charge on any atom is 0.278 e. The van der Waals surface area contributed by atoms with Gasteiger partial charge in [-0.05, 0) is 49.7 Å². The van der Waals surface area contributed by atoms with Gasteiger partial charge in [-0.15, -0.1) is 0 Å². The fraction of sp³-hybridized carbons (Fsp3) is 0.684. The molecule has 0 aromatic heterocycles. The summed E-state index contributed by atoms with van der Waals surface area (Å²) in [6.07, 6.45) is 2.30. The minimum absolute atomic E-state index is 0.00743. The molecule has 2 fully saturated rings. The Bertz CT molecular complexity index is 1040. The van der Waals surface area contributed by atoms with E-state index in [1.807, 2.05) is 0 Å². The number of rotatable bonds is 9. The third kappa shape index (κ3) is 5.45. The zero-order valence-electron chi connectivity index (χ0n) is 18.0. The molecule has 3 atom stereocenters. The van der Waals surface area contributed by atoms with Gasteiger partial charge in [0.1, 0.15) is 5.82 Å². The molecule has 1 aromatic carbocycles. The summed E-state index contributed by atoms with van der Waals surface area (Å²) in [5.74, 6) is -3.71.